The molecule has 1 fully saturated rings. The lowest BCUT2D eigenvalue weighted by molar-refractivity contribution is -0.126. The van der Waals surface area contributed by atoms with E-state index in [1.54, 1.807) is 4.90 Å². The second kappa shape index (κ2) is 9.40. The molecule has 1 aromatic rings. The van der Waals surface area contributed by atoms with E-state index in [4.69, 9.17) is 0 Å². The zero-order valence-corrected chi connectivity index (χ0v) is 14.4. The summed E-state index contributed by atoms with van der Waals surface area (Å²) in [5.74, 6) is -0.585. The zero-order chi connectivity index (χ0) is 17.4. The third-order valence-corrected chi connectivity index (χ3v) is 4.50. The van der Waals surface area contributed by atoms with Crippen molar-refractivity contribution in [3.05, 3.63) is 35.6 Å². The number of piperidine rings is 1. The molecule has 2 amide bonds. The van der Waals surface area contributed by atoms with Gasteiger partial charge in [-0.2, -0.15) is 0 Å². The molecule has 4 nitrogen and oxygen atoms in total. The molecule has 1 atom stereocenters. The summed E-state index contributed by atoms with van der Waals surface area (Å²) < 4.78 is 13.0. The second-order valence-electron chi connectivity index (χ2n) is 6.45. The first-order valence-electron chi connectivity index (χ1n) is 8.94. The Kier molecular flexibility index (Phi) is 7.22. The highest BCUT2D eigenvalue weighted by atomic mass is 19.1. The Morgan fingerprint density at radius 3 is 2.67 bits per heavy atom. The van der Waals surface area contributed by atoms with Gasteiger partial charge in [0.1, 0.15) is 5.82 Å². The number of nitrogens with zero attached hydrogens (tertiary/aromatic N) is 1. The van der Waals surface area contributed by atoms with Crippen molar-refractivity contribution < 1.29 is 14.0 Å². The largest absolute Gasteiger partial charge is 0.356 e. The number of nitrogens with one attached hydrogen (secondary N) is 1. The fraction of sp³-hybridized carbons (Fsp3) is 0.579. The molecule has 0 bridgehead atoms. The Labute approximate surface area is 143 Å². The average molecular weight is 334 g/mol. The van der Waals surface area contributed by atoms with Gasteiger partial charge in [0.05, 0.1) is 5.92 Å². The van der Waals surface area contributed by atoms with Crippen LogP contribution in [0.3, 0.4) is 0 Å². The highest BCUT2D eigenvalue weighted by Crippen LogP contribution is 2.19. The van der Waals surface area contributed by atoms with Gasteiger partial charge in [-0.15, -0.1) is 0 Å². The molecule has 1 N–H and O–H groups in total. The first-order valence-corrected chi connectivity index (χ1v) is 8.94. The Morgan fingerprint density at radius 1 is 1.21 bits per heavy atom. The fourth-order valence-corrected chi connectivity index (χ4v) is 3.06. The lowest BCUT2D eigenvalue weighted by Crippen LogP contribution is -2.45. The molecule has 2 rings (SSSR count). The van der Waals surface area contributed by atoms with Crippen LogP contribution in [0.1, 0.15) is 55.8 Å². The molecule has 0 aliphatic carbocycles. The van der Waals surface area contributed by atoms with Crippen LogP contribution in [0.4, 0.5) is 4.39 Å². The van der Waals surface area contributed by atoms with Crippen molar-refractivity contribution in [1.29, 1.82) is 0 Å². The predicted octanol–water partition coefficient (Wildman–Crippen LogP) is 3.37. The van der Waals surface area contributed by atoms with Crippen LogP contribution in [-0.2, 0) is 4.79 Å². The Morgan fingerprint density at radius 2 is 1.96 bits per heavy atom. The Bertz CT molecular complexity index is 545. The second-order valence-corrected chi connectivity index (χ2v) is 6.45. The molecule has 1 aromatic carbocycles. The summed E-state index contributed by atoms with van der Waals surface area (Å²) in [6.07, 6.45) is 6.15. The van der Waals surface area contributed by atoms with Gasteiger partial charge in [0.15, 0.2) is 0 Å². The van der Waals surface area contributed by atoms with Crippen molar-refractivity contribution in [2.75, 3.05) is 19.6 Å². The van der Waals surface area contributed by atoms with Gasteiger partial charge >= 0.3 is 0 Å². The van der Waals surface area contributed by atoms with Crippen LogP contribution < -0.4 is 5.32 Å². The van der Waals surface area contributed by atoms with Gasteiger partial charge in [-0.25, -0.2) is 4.39 Å². The third kappa shape index (κ3) is 5.32. The van der Waals surface area contributed by atoms with Gasteiger partial charge in [-0.1, -0.05) is 26.2 Å². The van der Waals surface area contributed by atoms with E-state index < -0.39 is 0 Å². The van der Waals surface area contributed by atoms with Gasteiger partial charge in [0, 0.05) is 25.2 Å². The molecule has 24 heavy (non-hydrogen) atoms. The van der Waals surface area contributed by atoms with E-state index in [9.17, 15) is 14.0 Å². The first-order chi connectivity index (χ1) is 11.6. The molecule has 1 aliphatic heterocycles. The maximum absolute atomic E-state index is 13.0. The number of rotatable bonds is 7. The van der Waals surface area contributed by atoms with Crippen molar-refractivity contribution in [1.82, 2.24) is 10.2 Å². The topological polar surface area (TPSA) is 49.4 Å². The number of halogens is 1. The monoisotopic (exact) mass is 334 g/mol. The van der Waals surface area contributed by atoms with Crippen molar-refractivity contribution in [3.63, 3.8) is 0 Å². The van der Waals surface area contributed by atoms with Crippen molar-refractivity contribution in [3.8, 4) is 0 Å². The summed E-state index contributed by atoms with van der Waals surface area (Å²) in [7, 11) is 0. The number of hydrogen-bond acceptors (Lipinski definition) is 2. The number of benzene rings is 1. The minimum absolute atomic E-state index is 0.0445. The maximum Gasteiger partial charge on any atom is 0.253 e. The quantitative estimate of drug-likeness (QED) is 0.777. The van der Waals surface area contributed by atoms with E-state index in [2.05, 4.69) is 12.2 Å². The SMILES string of the molecule is CCCCCCNC(=O)C1CCCN(C(=O)c2ccc(F)cc2)C1. The maximum atomic E-state index is 13.0. The first kappa shape index (κ1) is 18.4. The molecular weight excluding hydrogens is 307 g/mol. The van der Waals surface area contributed by atoms with E-state index >= 15 is 0 Å². The average Bonchev–Trinajstić information content (AvgIpc) is 2.61. The van der Waals surface area contributed by atoms with Crippen LogP contribution in [0.2, 0.25) is 0 Å². The minimum atomic E-state index is -0.356. The molecule has 0 aromatic heterocycles. The lowest BCUT2D eigenvalue weighted by Gasteiger charge is -2.32. The van der Waals surface area contributed by atoms with Crippen molar-refractivity contribution in [2.45, 2.75) is 45.4 Å². The summed E-state index contributed by atoms with van der Waals surface area (Å²) in [6.45, 7) is 3.96. The number of amides is 2. The van der Waals surface area contributed by atoms with Gasteiger partial charge in [0.25, 0.3) is 5.91 Å². The molecule has 1 saturated heterocycles. The molecule has 1 unspecified atom stereocenters. The minimum Gasteiger partial charge on any atom is -0.356 e. The number of carbonyl (C=O) groups is 2. The molecule has 0 spiro atoms. The molecule has 0 saturated carbocycles. The van der Waals surface area contributed by atoms with Crippen molar-refractivity contribution in [2.24, 2.45) is 5.92 Å². The van der Waals surface area contributed by atoms with Gasteiger partial charge < -0.3 is 10.2 Å². The number of unbranched alkanes of at least 4 members (excludes halogenated alkanes) is 3. The third-order valence-electron chi connectivity index (χ3n) is 4.50. The highest BCUT2D eigenvalue weighted by molar-refractivity contribution is 5.94. The van der Waals surface area contributed by atoms with Gasteiger partial charge in [-0.05, 0) is 43.5 Å². The summed E-state index contributed by atoms with van der Waals surface area (Å²) in [6, 6.07) is 5.57. The summed E-state index contributed by atoms with van der Waals surface area (Å²) in [4.78, 5) is 26.5. The van der Waals surface area contributed by atoms with E-state index in [0.717, 1.165) is 25.7 Å². The van der Waals surface area contributed by atoms with Crippen LogP contribution in [-0.4, -0.2) is 36.3 Å². The standard InChI is InChI=1S/C19H27FN2O2/c1-2-3-4-5-12-21-18(23)16-7-6-13-22(14-16)19(24)15-8-10-17(20)11-9-15/h8-11,16H,2-7,12-14H2,1H3,(H,21,23). The zero-order valence-electron chi connectivity index (χ0n) is 14.4. The smallest absolute Gasteiger partial charge is 0.253 e. The summed E-state index contributed by atoms with van der Waals surface area (Å²) >= 11 is 0. The molecular formula is C19H27FN2O2. The van der Waals surface area contributed by atoms with Crippen LogP contribution in [0.5, 0.6) is 0 Å². The van der Waals surface area contributed by atoms with E-state index in [1.807, 2.05) is 0 Å². The molecule has 132 valence electrons. The van der Waals surface area contributed by atoms with Crippen LogP contribution >= 0.6 is 0 Å². The van der Waals surface area contributed by atoms with Gasteiger partial charge in [-0.3, -0.25) is 9.59 Å². The fourth-order valence-electron chi connectivity index (χ4n) is 3.06. The number of carbonyl (C=O) groups excluding carboxylic acids is 2. The number of hydrogen-bond donors (Lipinski definition) is 1. The van der Waals surface area contributed by atoms with Crippen LogP contribution in [0, 0.1) is 11.7 Å². The normalized spacial score (nSPS) is 17.6. The Balaban J connectivity index is 1.83. The lowest BCUT2D eigenvalue weighted by atomic mass is 9.96. The number of likely N-dealkylation sites (tertiary alicyclic amines) is 1. The molecule has 0 radical (unpaired) electrons. The molecule has 1 heterocycles. The predicted molar refractivity (Wildman–Crippen MR) is 92.2 cm³/mol. The van der Waals surface area contributed by atoms with E-state index in [0.29, 0.717) is 25.2 Å². The summed E-state index contributed by atoms with van der Waals surface area (Å²) in [5, 5.41) is 2.99. The van der Waals surface area contributed by atoms with Crippen molar-refractivity contribution >= 4 is 11.8 Å². The highest BCUT2D eigenvalue weighted by Gasteiger charge is 2.28. The van der Waals surface area contributed by atoms with E-state index in [1.165, 1.54) is 37.1 Å². The summed E-state index contributed by atoms with van der Waals surface area (Å²) in [5.41, 5.74) is 0.469. The van der Waals surface area contributed by atoms with E-state index in [-0.39, 0.29) is 23.5 Å². The van der Waals surface area contributed by atoms with Crippen LogP contribution in [0.15, 0.2) is 24.3 Å². The Hall–Kier alpha value is -1.91. The molecule has 1 aliphatic rings. The molecule has 5 heteroatoms. The van der Waals surface area contributed by atoms with Gasteiger partial charge in [0.2, 0.25) is 5.91 Å². The van der Waals surface area contributed by atoms with Crippen LogP contribution in [0.25, 0.3) is 0 Å².